The number of carbonyl (C=O) groups excluding carboxylic acids is 11. The molecule has 0 aromatic heterocycles. The van der Waals surface area contributed by atoms with Crippen LogP contribution in [0.1, 0.15) is 160 Å². The quantitative estimate of drug-likeness (QED) is 0.0372. The van der Waals surface area contributed by atoms with Crippen LogP contribution in [0.2, 0.25) is 0 Å². The van der Waals surface area contributed by atoms with Crippen LogP contribution >= 0.6 is 0 Å². The van der Waals surface area contributed by atoms with E-state index in [2.05, 4.69) is 21.7 Å². The van der Waals surface area contributed by atoms with E-state index in [4.69, 9.17) is 5.73 Å². The maximum absolute atomic E-state index is 14.3. The molecule has 0 aromatic rings. The first-order valence-corrected chi connectivity index (χ1v) is 28.4. The van der Waals surface area contributed by atoms with Gasteiger partial charge in [0, 0.05) is 76.3 Å². The minimum absolute atomic E-state index is 0. The molecule has 0 saturated carbocycles. The van der Waals surface area contributed by atoms with Gasteiger partial charge in [0.05, 0.1) is 56.5 Å². The topological polar surface area (TPSA) is 368 Å². The second kappa shape index (κ2) is 34.2. The Morgan fingerprint density at radius 1 is 0.615 bits per heavy atom. The van der Waals surface area contributed by atoms with Gasteiger partial charge in [-0.25, -0.2) is 0 Å². The summed E-state index contributed by atoms with van der Waals surface area (Å²) in [6.45, 7) is 14.9. The summed E-state index contributed by atoms with van der Waals surface area (Å²) in [6.07, 6.45) is 0.917. The van der Waals surface area contributed by atoms with Crippen molar-refractivity contribution in [3.05, 3.63) is 0 Å². The molecule has 0 spiro atoms. The number of carbonyl (C=O) groups is 11. The molecule has 0 aliphatic carbocycles. The van der Waals surface area contributed by atoms with Gasteiger partial charge in [-0.15, -0.1) is 0 Å². The van der Waals surface area contributed by atoms with Crippen LogP contribution in [0.15, 0.2) is 0 Å². The van der Waals surface area contributed by atoms with Gasteiger partial charge in [-0.2, -0.15) is 0 Å². The molecule has 2 saturated heterocycles. The number of nitrogens with one attached hydrogen (secondary N) is 3. The average molecular weight is 1110 g/mol. The summed E-state index contributed by atoms with van der Waals surface area (Å²) in [4.78, 5) is 151. The zero-order valence-corrected chi connectivity index (χ0v) is 47.9. The third-order valence-electron chi connectivity index (χ3n) is 15.0. The fourth-order valence-corrected chi connectivity index (χ4v) is 10.6. The van der Waals surface area contributed by atoms with E-state index in [0.717, 1.165) is 0 Å². The van der Waals surface area contributed by atoms with Gasteiger partial charge in [0.25, 0.3) is 0 Å². The van der Waals surface area contributed by atoms with E-state index in [-0.39, 0.29) is 83.0 Å². The van der Waals surface area contributed by atoms with Crippen LogP contribution < -0.4 is 32.5 Å². The van der Waals surface area contributed by atoms with Crippen LogP contribution in [0.3, 0.4) is 0 Å². The Hall–Kier alpha value is -5.03. The summed E-state index contributed by atoms with van der Waals surface area (Å²) in [5.41, 5.74) is 9.68. The van der Waals surface area contributed by atoms with Crippen LogP contribution in [0.5, 0.6) is 0 Å². The van der Waals surface area contributed by atoms with E-state index in [1.807, 2.05) is 27.7 Å². The number of quaternary nitrogens is 1. The smallest absolute Gasteiger partial charge is 0.240 e. The fourth-order valence-electron chi connectivity index (χ4n) is 10.6. The van der Waals surface area contributed by atoms with Crippen LogP contribution in [0, 0.1) is 53.3 Å². The van der Waals surface area contributed by atoms with Crippen molar-refractivity contribution in [1.29, 1.82) is 0 Å². The normalized spacial score (nSPS) is 19.2. The lowest BCUT2D eigenvalue weighted by Gasteiger charge is -2.30. The molecule has 2 unspecified atom stereocenters. The lowest BCUT2D eigenvalue weighted by atomic mass is 9.86. The van der Waals surface area contributed by atoms with Gasteiger partial charge >= 0.3 is 0 Å². The number of rotatable bonds is 38. The van der Waals surface area contributed by atoms with Crippen molar-refractivity contribution >= 4 is 64.4 Å². The molecule has 0 bridgehead atoms. The summed E-state index contributed by atoms with van der Waals surface area (Å²) in [5, 5.41) is 49.6. The second-order valence-corrected chi connectivity index (χ2v) is 23.5. The van der Waals surface area contributed by atoms with Crippen molar-refractivity contribution in [2.75, 3.05) is 39.4 Å². The van der Waals surface area contributed by atoms with Crippen LogP contribution in [-0.4, -0.2) is 165 Å². The number of amides is 5. The monoisotopic (exact) mass is 1110 g/mol. The fraction of sp³-hybridized carbons (Fsp3) is 0.804. The molecule has 22 heteroatoms. The zero-order valence-electron chi connectivity index (χ0n) is 47.9. The zero-order chi connectivity index (χ0) is 59.1. The highest BCUT2D eigenvalue weighted by Gasteiger charge is 2.42. The van der Waals surface area contributed by atoms with Crippen molar-refractivity contribution in [2.45, 2.75) is 195 Å². The number of aliphatic hydroxyl groups is 3. The van der Waals surface area contributed by atoms with Gasteiger partial charge in [0.15, 0.2) is 28.9 Å². The first kappa shape index (κ1) is 69.1. The predicted octanol–water partition coefficient (Wildman–Crippen LogP) is -0.174. The number of hydrogen-bond acceptors (Lipinski definition) is 16. The summed E-state index contributed by atoms with van der Waals surface area (Å²) >= 11 is 0. The molecule has 11 atom stereocenters. The standard InChI is InChI=1S/C56H95N7O15.H2/c1-31(2)20-36(54(75)63-19-13-16-45(63)49(71)27-41(34(7)8)52(73)61-43(30-65)47(69)25-38(56(77)78)22-33(5)6)23-40(67)28-59-51(72)39(29-64)26-48(70)44-15-12-18-62(44)55(76)37(21-32(3)4)24-46(68)42(14-10-11-17-57)60-53(74)50(58)35(9)66;/h31-39,41-45,50,64-66H,10-30,57-58H2,1-9H3,(H,59,72)(H,60,74)(H,61,73)(H,77,78);1H/t35?,36-,37-,38-,39+,41+,42+,43+,44+,45+,50?;/m1./s1. The Kier molecular flexibility index (Phi) is 30.3. The second-order valence-electron chi connectivity index (χ2n) is 23.5. The van der Waals surface area contributed by atoms with Gasteiger partial charge in [-0.3, -0.25) is 47.9 Å². The van der Waals surface area contributed by atoms with E-state index < -0.39 is 163 Å². The predicted molar refractivity (Wildman–Crippen MR) is 288 cm³/mol. The van der Waals surface area contributed by atoms with Crippen LogP contribution in [-0.2, 0) is 52.7 Å². The number of nitrogens with two attached hydrogens (primary N) is 1. The Bertz CT molecular complexity index is 2050. The molecule has 2 heterocycles. The molecule has 0 radical (unpaired) electrons. The van der Waals surface area contributed by atoms with E-state index >= 15 is 0 Å². The molecular weight excluding hydrogens is 1010 g/mol. The largest absolute Gasteiger partial charge is 0.550 e. The van der Waals surface area contributed by atoms with E-state index in [1.54, 1.807) is 27.7 Å². The Labute approximate surface area is 462 Å². The summed E-state index contributed by atoms with van der Waals surface area (Å²) in [6, 6.07) is -5.49. The van der Waals surface area contributed by atoms with Crippen molar-refractivity contribution < 1.29 is 80.3 Å². The Morgan fingerprint density at radius 2 is 1.09 bits per heavy atom. The number of aliphatic carboxylic acids is 1. The molecule has 11 N–H and O–H groups in total. The number of likely N-dealkylation sites (tertiary alicyclic amines) is 2. The molecule has 2 aliphatic heterocycles. The first-order chi connectivity index (χ1) is 36.6. The summed E-state index contributed by atoms with van der Waals surface area (Å²) < 4.78 is 0. The lowest BCUT2D eigenvalue weighted by Crippen LogP contribution is -2.53. The third-order valence-corrected chi connectivity index (χ3v) is 15.0. The van der Waals surface area contributed by atoms with Gasteiger partial charge in [0.2, 0.25) is 29.5 Å². The minimum Gasteiger partial charge on any atom is -0.550 e. The van der Waals surface area contributed by atoms with Crippen molar-refractivity contribution in [3.63, 3.8) is 0 Å². The maximum atomic E-state index is 14.3. The number of carboxylic acid groups (broad SMARTS) is 1. The highest BCUT2D eigenvalue weighted by atomic mass is 16.4. The minimum atomic E-state index is -1.41. The highest BCUT2D eigenvalue weighted by Crippen LogP contribution is 2.30. The number of carboxylic acids is 1. The number of hydrogen-bond donors (Lipinski definition) is 8. The molecule has 78 heavy (non-hydrogen) atoms. The number of nitrogens with zero attached hydrogens (tertiary/aromatic N) is 2. The SMILES string of the molecule is CC(C)C[C@H](CC(=O)[C@H](CO)NC(=O)[C@@H](CC(=O)[C@@H]1CCCN1C(=O)[C@@H](CC(=O)CNC(=O)[C@H](CO)CC(=O)[C@@H]1CCCN1C(=O)[C@@H](CC(=O)[C@H](CCCC[NH3+])NC(=O)C(N)C(C)O)CC(C)C)CC(C)C)C(C)C)C(=O)[O-].[HH]. The van der Waals surface area contributed by atoms with E-state index in [0.29, 0.717) is 45.1 Å². The molecule has 2 aliphatic rings. The van der Waals surface area contributed by atoms with Crippen LogP contribution in [0.4, 0.5) is 0 Å². The average Bonchev–Trinajstić information content (AvgIpc) is 4.07. The Morgan fingerprint density at radius 3 is 1.55 bits per heavy atom. The van der Waals surface area contributed by atoms with Crippen molar-refractivity contribution in [2.24, 2.45) is 59.0 Å². The highest BCUT2D eigenvalue weighted by molar-refractivity contribution is 5.98. The van der Waals surface area contributed by atoms with Crippen LogP contribution in [0.25, 0.3) is 0 Å². The maximum Gasteiger partial charge on any atom is 0.240 e. The van der Waals surface area contributed by atoms with Gasteiger partial charge in [-0.05, 0) is 94.8 Å². The molecule has 446 valence electrons. The van der Waals surface area contributed by atoms with Gasteiger partial charge in [0.1, 0.15) is 12.1 Å². The molecule has 5 amide bonds. The third kappa shape index (κ3) is 22.2. The van der Waals surface area contributed by atoms with E-state index in [9.17, 15) is 73.2 Å². The summed E-state index contributed by atoms with van der Waals surface area (Å²) in [7, 11) is 0. The number of Topliss-reactive ketones (excluding diaryl/α,β-unsaturated/α-hetero) is 5. The molecule has 2 fully saturated rings. The van der Waals surface area contributed by atoms with E-state index in [1.165, 1.54) is 16.7 Å². The molecule has 0 aromatic carbocycles. The Balaban J connectivity index is 0.0000312. The lowest BCUT2D eigenvalue weighted by molar-refractivity contribution is -0.368. The van der Waals surface area contributed by atoms with Crippen molar-refractivity contribution in [1.82, 2.24) is 25.8 Å². The number of unbranched alkanes of at least 4 members (excludes halogenated alkanes) is 1. The summed E-state index contributed by atoms with van der Waals surface area (Å²) in [5.74, 6) is -12.6. The van der Waals surface area contributed by atoms with Gasteiger partial charge in [-0.1, -0.05) is 55.4 Å². The molecule has 2 rings (SSSR count). The number of ketones is 5. The number of aliphatic hydroxyl groups excluding tert-OH is 3. The molecular formula is C56H97N7O15. The van der Waals surface area contributed by atoms with Gasteiger partial charge < -0.3 is 62.4 Å². The first-order valence-electron chi connectivity index (χ1n) is 28.4. The van der Waals surface area contributed by atoms with Crippen molar-refractivity contribution in [3.8, 4) is 0 Å². The molecule has 22 nitrogen and oxygen atoms in total.